The van der Waals surface area contributed by atoms with E-state index in [2.05, 4.69) is 14.5 Å². The summed E-state index contributed by atoms with van der Waals surface area (Å²) in [6.07, 6.45) is 0. The predicted molar refractivity (Wildman–Crippen MR) is 69.4 cm³/mol. The molecule has 0 saturated carbocycles. The minimum Gasteiger partial charge on any atom is -0.465 e. The van der Waals surface area contributed by atoms with Crippen LogP contribution in [-0.4, -0.2) is 31.1 Å². The van der Waals surface area contributed by atoms with Gasteiger partial charge in [-0.2, -0.15) is 0 Å². The summed E-state index contributed by atoms with van der Waals surface area (Å²) in [4.78, 5) is 27.6. The van der Waals surface area contributed by atoms with E-state index in [4.69, 9.17) is 11.6 Å². The van der Waals surface area contributed by atoms with Gasteiger partial charge in [-0.15, -0.1) is 0 Å². The number of rotatable bonds is 2. The molecule has 0 fully saturated rings. The number of aromatic nitrogens is 1. The smallest absolute Gasteiger partial charge is 0.357 e. The van der Waals surface area contributed by atoms with Gasteiger partial charge in [0.15, 0.2) is 5.69 Å². The lowest BCUT2D eigenvalue weighted by Crippen LogP contribution is -2.15. The van der Waals surface area contributed by atoms with E-state index in [1.54, 1.807) is 24.3 Å². The summed E-state index contributed by atoms with van der Waals surface area (Å²) in [6.45, 7) is 0. The zero-order valence-electron chi connectivity index (χ0n) is 10.3. The van der Waals surface area contributed by atoms with Crippen LogP contribution in [0.4, 0.5) is 0 Å². The van der Waals surface area contributed by atoms with Crippen molar-refractivity contribution in [3.8, 4) is 0 Å². The van der Waals surface area contributed by atoms with E-state index < -0.39 is 11.9 Å². The maximum Gasteiger partial charge on any atom is 0.357 e. The highest BCUT2D eigenvalue weighted by atomic mass is 35.5. The summed E-state index contributed by atoms with van der Waals surface area (Å²) in [5, 5.41) is 0.690. The summed E-state index contributed by atoms with van der Waals surface area (Å²) in [5.74, 6) is -1.48. The van der Waals surface area contributed by atoms with Crippen molar-refractivity contribution in [3.63, 3.8) is 0 Å². The fourth-order valence-electron chi connectivity index (χ4n) is 1.70. The number of methoxy groups -OCH3 is 2. The summed E-state index contributed by atoms with van der Waals surface area (Å²) < 4.78 is 9.24. The van der Waals surface area contributed by atoms with Crippen molar-refractivity contribution >= 4 is 34.4 Å². The zero-order valence-corrected chi connectivity index (χ0v) is 11.0. The Labute approximate surface area is 114 Å². The third-order valence-corrected chi connectivity index (χ3v) is 2.99. The normalized spacial score (nSPS) is 10.3. The van der Waals surface area contributed by atoms with E-state index in [-0.39, 0.29) is 16.3 Å². The number of carbonyl (C=O) groups is 2. The van der Waals surface area contributed by atoms with Crippen LogP contribution in [0.15, 0.2) is 24.3 Å². The topological polar surface area (TPSA) is 65.5 Å². The molecule has 5 nitrogen and oxygen atoms in total. The van der Waals surface area contributed by atoms with E-state index in [1.807, 2.05) is 0 Å². The lowest BCUT2D eigenvalue weighted by Gasteiger charge is -2.10. The molecule has 6 heteroatoms. The number of benzene rings is 1. The van der Waals surface area contributed by atoms with Gasteiger partial charge in [0.05, 0.1) is 24.8 Å². The monoisotopic (exact) mass is 279 g/mol. The zero-order chi connectivity index (χ0) is 14.0. The molecule has 0 aliphatic rings. The van der Waals surface area contributed by atoms with Crippen molar-refractivity contribution in [2.45, 2.75) is 0 Å². The Morgan fingerprint density at radius 3 is 2.37 bits per heavy atom. The molecule has 0 saturated heterocycles. The molecule has 0 aliphatic heterocycles. The van der Waals surface area contributed by atoms with Gasteiger partial charge in [0, 0.05) is 5.39 Å². The van der Waals surface area contributed by atoms with Gasteiger partial charge in [0.25, 0.3) is 0 Å². The number of nitrogens with zero attached hydrogens (tertiary/aromatic N) is 1. The average Bonchev–Trinajstić information content (AvgIpc) is 2.45. The largest absolute Gasteiger partial charge is 0.465 e. The average molecular weight is 280 g/mol. The second-order valence-electron chi connectivity index (χ2n) is 3.65. The molecule has 0 amide bonds. The number of pyridine rings is 1. The summed E-state index contributed by atoms with van der Waals surface area (Å²) >= 11 is 6.17. The number of carbonyl (C=O) groups excluding carboxylic acids is 2. The van der Waals surface area contributed by atoms with Crippen molar-refractivity contribution in [2.24, 2.45) is 0 Å². The first-order chi connectivity index (χ1) is 9.10. The molecule has 2 aromatic rings. The molecule has 0 N–H and O–H groups in total. The van der Waals surface area contributed by atoms with Gasteiger partial charge in [0.1, 0.15) is 5.56 Å². The third-order valence-electron chi connectivity index (χ3n) is 2.60. The lowest BCUT2D eigenvalue weighted by atomic mass is 10.1. The Hall–Kier alpha value is -2.14. The Balaban J connectivity index is 2.84. The molecule has 0 bridgehead atoms. The second-order valence-corrected chi connectivity index (χ2v) is 4.03. The standard InChI is InChI=1S/C13H10ClNO4/c1-18-12(16)9-10(14)7-5-3-4-6-8(7)15-11(9)13(17)19-2/h3-6H,1-2H3. The first kappa shape index (κ1) is 13.3. The minimum absolute atomic E-state index is 0.0882. The summed E-state index contributed by atoms with van der Waals surface area (Å²) in [6, 6.07) is 6.91. The number of esters is 2. The highest BCUT2D eigenvalue weighted by Crippen LogP contribution is 2.29. The van der Waals surface area contributed by atoms with E-state index in [0.717, 1.165) is 0 Å². The van der Waals surface area contributed by atoms with Crippen molar-refractivity contribution < 1.29 is 19.1 Å². The SMILES string of the molecule is COC(=O)c1nc2ccccc2c(Cl)c1C(=O)OC. The number of ether oxygens (including phenoxy) is 2. The van der Waals surface area contributed by atoms with Crippen molar-refractivity contribution in [2.75, 3.05) is 14.2 Å². The maximum atomic E-state index is 11.8. The number of hydrogen-bond acceptors (Lipinski definition) is 5. The number of halogens is 1. The molecule has 1 aromatic carbocycles. The fourth-order valence-corrected chi connectivity index (χ4v) is 2.03. The summed E-state index contributed by atoms with van der Waals surface area (Å²) in [7, 11) is 2.41. The molecule has 2 rings (SSSR count). The lowest BCUT2D eigenvalue weighted by molar-refractivity contribution is 0.0550. The van der Waals surface area contributed by atoms with Crippen LogP contribution in [0.25, 0.3) is 10.9 Å². The van der Waals surface area contributed by atoms with Gasteiger partial charge in [-0.05, 0) is 6.07 Å². The number of hydrogen-bond donors (Lipinski definition) is 0. The third kappa shape index (κ3) is 2.24. The van der Waals surface area contributed by atoms with Gasteiger partial charge in [-0.3, -0.25) is 0 Å². The molecule has 0 aliphatic carbocycles. The quantitative estimate of drug-likeness (QED) is 0.790. The molecule has 1 heterocycles. The number of fused-ring (bicyclic) bond motifs is 1. The van der Waals surface area contributed by atoms with E-state index in [0.29, 0.717) is 10.9 Å². The van der Waals surface area contributed by atoms with Crippen LogP contribution >= 0.6 is 11.6 Å². The fraction of sp³-hybridized carbons (Fsp3) is 0.154. The molecule has 0 spiro atoms. The van der Waals surface area contributed by atoms with Crippen molar-refractivity contribution in [3.05, 3.63) is 40.5 Å². The Kier molecular flexibility index (Phi) is 3.66. The number of para-hydroxylation sites is 1. The molecule has 19 heavy (non-hydrogen) atoms. The molecule has 98 valence electrons. The van der Waals surface area contributed by atoms with Crippen LogP contribution < -0.4 is 0 Å². The predicted octanol–water partition coefficient (Wildman–Crippen LogP) is 2.46. The van der Waals surface area contributed by atoms with Gasteiger partial charge in [-0.25, -0.2) is 14.6 Å². The Bertz CT molecular complexity index is 669. The molecule has 1 aromatic heterocycles. The van der Waals surface area contributed by atoms with Crippen LogP contribution in [0.2, 0.25) is 5.02 Å². The van der Waals surface area contributed by atoms with Crippen LogP contribution in [0.1, 0.15) is 20.8 Å². The van der Waals surface area contributed by atoms with Crippen LogP contribution in [0.3, 0.4) is 0 Å². The van der Waals surface area contributed by atoms with Crippen molar-refractivity contribution in [1.29, 1.82) is 0 Å². The Morgan fingerprint density at radius 2 is 1.74 bits per heavy atom. The van der Waals surface area contributed by atoms with E-state index >= 15 is 0 Å². The first-order valence-corrected chi connectivity index (χ1v) is 5.72. The molecular formula is C13H10ClNO4. The van der Waals surface area contributed by atoms with Crippen LogP contribution in [0, 0.1) is 0 Å². The highest BCUT2D eigenvalue weighted by Gasteiger charge is 2.25. The van der Waals surface area contributed by atoms with Gasteiger partial charge in [0.2, 0.25) is 0 Å². The molecular weight excluding hydrogens is 270 g/mol. The van der Waals surface area contributed by atoms with Gasteiger partial charge < -0.3 is 9.47 Å². The van der Waals surface area contributed by atoms with Crippen molar-refractivity contribution in [1.82, 2.24) is 4.98 Å². The minimum atomic E-state index is -0.743. The molecule has 0 unspecified atom stereocenters. The van der Waals surface area contributed by atoms with Gasteiger partial charge >= 0.3 is 11.9 Å². The highest BCUT2D eigenvalue weighted by molar-refractivity contribution is 6.39. The molecule has 0 radical (unpaired) electrons. The van der Waals surface area contributed by atoms with E-state index in [1.165, 1.54) is 14.2 Å². The first-order valence-electron chi connectivity index (χ1n) is 5.35. The van der Waals surface area contributed by atoms with Gasteiger partial charge in [-0.1, -0.05) is 29.8 Å². The van der Waals surface area contributed by atoms with E-state index in [9.17, 15) is 9.59 Å². The second kappa shape index (κ2) is 5.24. The molecule has 0 atom stereocenters. The maximum absolute atomic E-state index is 11.8. The van der Waals surface area contributed by atoms with Crippen LogP contribution in [-0.2, 0) is 9.47 Å². The Morgan fingerprint density at radius 1 is 1.11 bits per heavy atom. The summed E-state index contributed by atoms with van der Waals surface area (Å²) in [5.41, 5.74) is 0.258. The van der Waals surface area contributed by atoms with Crippen LogP contribution in [0.5, 0.6) is 0 Å².